The normalized spacial score (nSPS) is 18.7. The predicted octanol–water partition coefficient (Wildman–Crippen LogP) is 3.54. The van der Waals surface area contributed by atoms with Crippen molar-refractivity contribution in [2.75, 3.05) is 18.8 Å². The largest absolute Gasteiger partial charge is 0.342 e. The van der Waals surface area contributed by atoms with Gasteiger partial charge in [-0.1, -0.05) is 18.6 Å². The van der Waals surface area contributed by atoms with Crippen LogP contribution in [-0.2, 0) is 14.8 Å². The third-order valence-electron chi connectivity index (χ3n) is 6.72. The van der Waals surface area contributed by atoms with Crippen LogP contribution in [0.2, 0.25) is 0 Å². The van der Waals surface area contributed by atoms with E-state index >= 15 is 0 Å². The smallest absolute Gasteiger partial charge is 0.269 e. The summed E-state index contributed by atoms with van der Waals surface area (Å²) in [6.07, 6.45) is 4.22. The first-order valence-electron chi connectivity index (χ1n) is 11.8. The second-order valence-electron chi connectivity index (χ2n) is 9.42. The number of hydrazine groups is 1. The summed E-state index contributed by atoms with van der Waals surface area (Å²) in [5, 5.41) is 0. The van der Waals surface area contributed by atoms with Crippen molar-refractivity contribution < 1.29 is 26.8 Å². The molecule has 2 amide bonds. The summed E-state index contributed by atoms with van der Waals surface area (Å²) in [5.41, 5.74) is 2.78. The average molecular weight is 506 g/mol. The third-order valence-corrected chi connectivity index (χ3v) is 8.04. The molecule has 0 radical (unpaired) electrons. The first-order valence-corrected chi connectivity index (χ1v) is 13.4. The van der Waals surface area contributed by atoms with E-state index in [0.29, 0.717) is 30.6 Å². The fraction of sp³-hybridized carbons (Fsp3) is 0.440. The zero-order valence-corrected chi connectivity index (χ0v) is 20.3. The fourth-order valence-corrected chi connectivity index (χ4v) is 5.85. The summed E-state index contributed by atoms with van der Waals surface area (Å²) in [7, 11) is -3.93. The van der Waals surface area contributed by atoms with E-state index in [-0.39, 0.29) is 34.6 Å². The number of sulfonamides is 1. The summed E-state index contributed by atoms with van der Waals surface area (Å²) in [5.74, 6) is -2.58. The van der Waals surface area contributed by atoms with E-state index in [4.69, 9.17) is 0 Å². The molecule has 35 heavy (non-hydrogen) atoms. The third kappa shape index (κ3) is 6.05. The van der Waals surface area contributed by atoms with Crippen LogP contribution in [-0.4, -0.2) is 44.0 Å². The average Bonchev–Trinajstić information content (AvgIpc) is 2.78. The summed E-state index contributed by atoms with van der Waals surface area (Å²) < 4.78 is 53.6. The van der Waals surface area contributed by atoms with Crippen LogP contribution in [0.15, 0.2) is 36.4 Å². The van der Waals surface area contributed by atoms with Crippen molar-refractivity contribution in [2.45, 2.75) is 39.0 Å². The van der Waals surface area contributed by atoms with Crippen molar-refractivity contribution in [3.8, 4) is 11.1 Å². The predicted molar refractivity (Wildman–Crippen MR) is 128 cm³/mol. The number of likely N-dealkylation sites (tertiary alicyclic amines) is 1. The molecule has 188 valence electrons. The minimum Gasteiger partial charge on any atom is -0.342 e. The van der Waals surface area contributed by atoms with Crippen molar-refractivity contribution in [3.05, 3.63) is 59.2 Å². The molecule has 7 nitrogen and oxygen atoms in total. The van der Waals surface area contributed by atoms with Gasteiger partial charge in [0.25, 0.3) is 5.91 Å². The van der Waals surface area contributed by atoms with Crippen LogP contribution in [0, 0.1) is 30.4 Å². The molecule has 1 aliphatic carbocycles. The molecule has 10 heteroatoms. The van der Waals surface area contributed by atoms with E-state index in [1.54, 1.807) is 11.0 Å². The van der Waals surface area contributed by atoms with Gasteiger partial charge in [0.15, 0.2) is 0 Å². The highest BCUT2D eigenvalue weighted by Crippen LogP contribution is 2.30. The van der Waals surface area contributed by atoms with Crippen LogP contribution < -0.4 is 10.3 Å². The molecule has 2 fully saturated rings. The molecular weight excluding hydrogens is 476 g/mol. The van der Waals surface area contributed by atoms with Crippen LogP contribution >= 0.6 is 0 Å². The van der Waals surface area contributed by atoms with Gasteiger partial charge in [0, 0.05) is 19.0 Å². The number of amides is 2. The minimum absolute atomic E-state index is 0.0595. The number of rotatable bonds is 7. The molecular formula is C25H29F2N3O4S. The maximum Gasteiger partial charge on any atom is 0.269 e. The molecule has 1 atom stereocenters. The summed E-state index contributed by atoms with van der Waals surface area (Å²) in [6.45, 7) is 2.48. The number of nitrogens with zero attached hydrogens (tertiary/aromatic N) is 1. The van der Waals surface area contributed by atoms with Gasteiger partial charge in [-0.05, 0) is 79.5 Å². The zero-order chi connectivity index (χ0) is 25.2. The second kappa shape index (κ2) is 10.4. The fourth-order valence-electron chi connectivity index (χ4n) is 4.63. The molecule has 0 spiro atoms. The van der Waals surface area contributed by atoms with Crippen LogP contribution in [0.25, 0.3) is 11.1 Å². The number of carbonyl (C=O) groups excluding carboxylic acids is 2. The monoisotopic (exact) mass is 505 g/mol. The summed E-state index contributed by atoms with van der Waals surface area (Å²) in [6, 6.07) is 8.42. The quantitative estimate of drug-likeness (QED) is 0.563. The Morgan fingerprint density at radius 2 is 1.83 bits per heavy atom. The number of benzene rings is 2. The molecule has 4 rings (SSSR count). The number of halogens is 2. The molecule has 1 aliphatic heterocycles. The Hall–Kier alpha value is -2.85. The molecule has 1 heterocycles. The van der Waals surface area contributed by atoms with E-state index in [1.807, 2.05) is 0 Å². The molecule has 2 aromatic rings. The van der Waals surface area contributed by atoms with Gasteiger partial charge in [-0.25, -0.2) is 17.2 Å². The number of piperidine rings is 1. The Balaban J connectivity index is 1.40. The number of aryl methyl sites for hydroxylation is 1. The molecule has 0 bridgehead atoms. The lowest BCUT2D eigenvalue weighted by atomic mass is 9.83. The van der Waals surface area contributed by atoms with Gasteiger partial charge in [-0.3, -0.25) is 15.0 Å². The first-order chi connectivity index (χ1) is 16.6. The van der Waals surface area contributed by atoms with E-state index in [1.165, 1.54) is 37.3 Å². The van der Waals surface area contributed by atoms with Crippen LogP contribution in [0.4, 0.5) is 8.78 Å². The minimum atomic E-state index is -3.93. The van der Waals surface area contributed by atoms with Crippen molar-refractivity contribution in [1.29, 1.82) is 0 Å². The Morgan fingerprint density at radius 1 is 1.06 bits per heavy atom. The van der Waals surface area contributed by atoms with Gasteiger partial charge in [-0.2, -0.15) is 0 Å². The van der Waals surface area contributed by atoms with E-state index in [0.717, 1.165) is 25.7 Å². The van der Waals surface area contributed by atoms with Crippen molar-refractivity contribution in [2.24, 2.45) is 11.8 Å². The second-order valence-corrected chi connectivity index (χ2v) is 11.2. The Kier molecular flexibility index (Phi) is 7.51. The van der Waals surface area contributed by atoms with Gasteiger partial charge in [0.05, 0.1) is 11.3 Å². The highest BCUT2D eigenvalue weighted by molar-refractivity contribution is 7.89. The molecule has 2 N–H and O–H groups in total. The van der Waals surface area contributed by atoms with Gasteiger partial charge in [0.1, 0.15) is 11.6 Å². The highest BCUT2D eigenvalue weighted by atomic mass is 32.2. The van der Waals surface area contributed by atoms with Crippen molar-refractivity contribution >= 4 is 21.8 Å². The lowest BCUT2D eigenvalue weighted by Gasteiger charge is -2.37. The summed E-state index contributed by atoms with van der Waals surface area (Å²) >= 11 is 0. The van der Waals surface area contributed by atoms with Crippen LogP contribution in [0.5, 0.6) is 0 Å². The van der Waals surface area contributed by atoms with E-state index in [2.05, 4.69) is 10.3 Å². The lowest BCUT2D eigenvalue weighted by molar-refractivity contribution is -0.139. The standard InChI is InChI=1S/C25H29F2N3O4S/c1-16-11-20(19-8-3-9-21(26)12-19)13-22(23(16)27)24(31)28-29-35(33,34)15-17-5-4-10-30(14-17)25(32)18-6-2-7-18/h3,8-9,11-13,17-18,29H,2,4-7,10,14-15H2,1H3,(H,28,31). The van der Waals surface area contributed by atoms with Crippen molar-refractivity contribution in [3.63, 3.8) is 0 Å². The van der Waals surface area contributed by atoms with E-state index < -0.39 is 27.6 Å². The van der Waals surface area contributed by atoms with Gasteiger partial charge in [0.2, 0.25) is 15.9 Å². The molecule has 2 aliphatic rings. The number of hydrogen-bond donors (Lipinski definition) is 2. The Morgan fingerprint density at radius 3 is 2.51 bits per heavy atom. The maximum absolute atomic E-state index is 14.7. The van der Waals surface area contributed by atoms with Gasteiger partial charge in [-0.15, -0.1) is 4.83 Å². The molecule has 1 saturated heterocycles. The molecule has 1 unspecified atom stereocenters. The number of hydrogen-bond acceptors (Lipinski definition) is 4. The molecule has 2 aromatic carbocycles. The van der Waals surface area contributed by atoms with Crippen molar-refractivity contribution in [1.82, 2.24) is 15.2 Å². The number of carbonyl (C=O) groups is 2. The Bertz CT molecular complexity index is 1230. The molecule has 0 aromatic heterocycles. The van der Waals surface area contributed by atoms with Gasteiger partial charge >= 0.3 is 0 Å². The van der Waals surface area contributed by atoms with E-state index in [9.17, 15) is 26.8 Å². The van der Waals surface area contributed by atoms with Gasteiger partial charge < -0.3 is 4.90 Å². The molecule has 1 saturated carbocycles. The Labute approximate surface area is 203 Å². The zero-order valence-electron chi connectivity index (χ0n) is 19.5. The summed E-state index contributed by atoms with van der Waals surface area (Å²) in [4.78, 5) is 29.0. The maximum atomic E-state index is 14.7. The SMILES string of the molecule is Cc1cc(-c2cccc(F)c2)cc(C(=O)NNS(=O)(=O)CC2CCCN(C(=O)C3CCC3)C2)c1F. The van der Waals surface area contributed by atoms with Crippen LogP contribution in [0.1, 0.15) is 48.0 Å². The lowest BCUT2D eigenvalue weighted by Crippen LogP contribution is -2.48. The topological polar surface area (TPSA) is 95.6 Å². The number of nitrogens with one attached hydrogen (secondary N) is 2. The first kappa shape index (κ1) is 25.2. The highest BCUT2D eigenvalue weighted by Gasteiger charge is 2.33. The van der Waals surface area contributed by atoms with Crippen LogP contribution in [0.3, 0.4) is 0 Å².